The number of benzene rings is 2. The first-order valence-electron chi connectivity index (χ1n) is 6.35. The monoisotopic (exact) mass is 348 g/mol. The van der Waals surface area contributed by atoms with Gasteiger partial charge in [0, 0.05) is 24.3 Å². The summed E-state index contributed by atoms with van der Waals surface area (Å²) in [4.78, 5) is 20.0. The number of nitrogens with zero attached hydrogens (tertiary/aromatic N) is 5. The topological polar surface area (TPSA) is 135 Å². The maximum absolute atomic E-state index is 10.5. The molecule has 0 aromatic heterocycles. The average Bonchev–Trinajstić information content (AvgIpc) is 2.58. The van der Waals surface area contributed by atoms with Crippen LogP contribution in [0.1, 0.15) is 0 Å². The molecule has 0 aliphatic heterocycles. The Hall–Kier alpha value is -3.40. The summed E-state index contributed by atoms with van der Waals surface area (Å²) in [5.74, 6) is 0. The van der Waals surface area contributed by atoms with Crippen LogP contribution < -0.4 is 5.43 Å². The molecule has 0 radical (unpaired) electrons. The van der Waals surface area contributed by atoms with Crippen LogP contribution in [0.4, 0.5) is 22.7 Å². The van der Waals surface area contributed by atoms with E-state index in [1.165, 1.54) is 48.5 Å². The number of hydrogen-bond donors (Lipinski definition) is 1. The summed E-state index contributed by atoms with van der Waals surface area (Å²) in [5.41, 5.74) is 3.29. The van der Waals surface area contributed by atoms with Crippen LogP contribution in [0.25, 0.3) is 0 Å². The van der Waals surface area contributed by atoms with Crippen LogP contribution in [0.5, 0.6) is 0 Å². The molecule has 0 spiro atoms. The summed E-state index contributed by atoms with van der Waals surface area (Å²) < 4.78 is 0. The lowest BCUT2D eigenvalue weighted by atomic mass is 10.3. The van der Waals surface area contributed by atoms with Crippen molar-refractivity contribution in [2.75, 3.05) is 5.43 Å². The molecule has 0 bridgehead atoms. The van der Waals surface area contributed by atoms with Crippen LogP contribution in [-0.2, 0) is 0 Å². The normalized spacial score (nSPS) is 11.5. The van der Waals surface area contributed by atoms with Gasteiger partial charge in [0.05, 0.1) is 21.2 Å². The Labute approximate surface area is 139 Å². The lowest BCUT2D eigenvalue weighted by molar-refractivity contribution is -0.385. The number of nitro groups is 2. The predicted molar refractivity (Wildman–Crippen MR) is 87.6 cm³/mol. The molecule has 1 N–H and O–H groups in total. The number of nitro benzene ring substituents is 2. The third-order valence-corrected chi connectivity index (χ3v) is 2.82. The molecule has 2 rings (SSSR count). The molecule has 0 aliphatic rings. The standard InChI is InChI=1S/C13H9ClN6O4/c14-13(17-15-9-1-5-11(6-2-9)19(21)22)18-16-10-3-7-12(8-4-10)20(23)24/h1-8,15H/b17-13+,18-16?. The van der Waals surface area contributed by atoms with Crippen LogP contribution in [0.3, 0.4) is 0 Å². The molecule has 0 saturated heterocycles. The highest BCUT2D eigenvalue weighted by Crippen LogP contribution is 2.19. The number of nitrogens with one attached hydrogen (secondary N) is 1. The molecule has 0 atom stereocenters. The van der Waals surface area contributed by atoms with Crippen LogP contribution in [0.2, 0.25) is 0 Å². The zero-order valence-corrected chi connectivity index (χ0v) is 12.6. The van der Waals surface area contributed by atoms with Crippen molar-refractivity contribution in [3.05, 3.63) is 68.8 Å². The van der Waals surface area contributed by atoms with Gasteiger partial charge in [-0.2, -0.15) is 0 Å². The number of anilines is 1. The summed E-state index contributed by atoms with van der Waals surface area (Å²) in [6, 6.07) is 10.9. The van der Waals surface area contributed by atoms with Crippen LogP contribution in [-0.4, -0.2) is 15.1 Å². The maximum atomic E-state index is 10.5. The molecule has 0 amide bonds. The Morgan fingerprint density at radius 2 is 1.42 bits per heavy atom. The quantitative estimate of drug-likeness (QED) is 0.215. The van der Waals surface area contributed by atoms with E-state index in [4.69, 9.17) is 11.6 Å². The molecule has 0 saturated carbocycles. The molecule has 2 aromatic rings. The molecule has 0 aliphatic carbocycles. The van der Waals surface area contributed by atoms with Gasteiger partial charge < -0.3 is 0 Å². The first kappa shape index (κ1) is 17.0. The summed E-state index contributed by atoms with van der Waals surface area (Å²) in [7, 11) is 0. The molecule has 122 valence electrons. The lowest BCUT2D eigenvalue weighted by Crippen LogP contribution is -1.93. The highest BCUT2D eigenvalue weighted by atomic mass is 35.5. The molecule has 11 heteroatoms. The van der Waals surface area contributed by atoms with Crippen molar-refractivity contribution in [1.29, 1.82) is 0 Å². The minimum absolute atomic E-state index is 0.0477. The van der Waals surface area contributed by atoms with Crippen molar-refractivity contribution >= 4 is 39.6 Å². The largest absolute Gasteiger partial charge is 0.275 e. The zero-order valence-electron chi connectivity index (χ0n) is 11.9. The average molecular weight is 349 g/mol. The van der Waals surface area contributed by atoms with E-state index in [2.05, 4.69) is 20.8 Å². The fourth-order valence-corrected chi connectivity index (χ4v) is 1.61. The summed E-state index contributed by atoms with van der Waals surface area (Å²) >= 11 is 5.75. The van der Waals surface area contributed by atoms with Crippen LogP contribution in [0.15, 0.2) is 63.9 Å². The Morgan fingerprint density at radius 3 is 1.92 bits per heavy atom. The minimum Gasteiger partial charge on any atom is -0.275 e. The van der Waals surface area contributed by atoms with Gasteiger partial charge in [-0.25, -0.2) is 0 Å². The van der Waals surface area contributed by atoms with Crippen molar-refractivity contribution in [2.24, 2.45) is 15.3 Å². The number of azo groups is 1. The highest BCUT2D eigenvalue weighted by molar-refractivity contribution is 6.64. The van der Waals surface area contributed by atoms with E-state index in [0.717, 1.165) is 0 Å². The van der Waals surface area contributed by atoms with E-state index >= 15 is 0 Å². The van der Waals surface area contributed by atoms with Crippen LogP contribution >= 0.6 is 11.6 Å². The fourth-order valence-electron chi connectivity index (χ4n) is 1.53. The Morgan fingerprint density at radius 1 is 0.917 bits per heavy atom. The molecule has 0 fully saturated rings. The van der Waals surface area contributed by atoms with Gasteiger partial charge in [0.2, 0.25) is 0 Å². The fraction of sp³-hybridized carbons (Fsp3) is 0. The van der Waals surface area contributed by atoms with Crippen molar-refractivity contribution in [3.8, 4) is 0 Å². The molecular formula is C13H9ClN6O4. The van der Waals surface area contributed by atoms with Gasteiger partial charge in [0.15, 0.2) is 0 Å². The number of hydrogen-bond acceptors (Lipinski definition) is 7. The lowest BCUT2D eigenvalue weighted by Gasteiger charge is -1.99. The van der Waals surface area contributed by atoms with Gasteiger partial charge in [-0.1, -0.05) is 0 Å². The number of halogens is 1. The Bertz CT molecular complexity index is 804. The third kappa shape index (κ3) is 4.81. The van der Waals surface area contributed by atoms with E-state index in [0.29, 0.717) is 11.4 Å². The summed E-state index contributed by atoms with van der Waals surface area (Å²) in [6.07, 6.45) is 0. The van der Waals surface area contributed by atoms with E-state index in [9.17, 15) is 20.2 Å². The molecular weight excluding hydrogens is 340 g/mol. The third-order valence-electron chi connectivity index (χ3n) is 2.66. The van der Waals surface area contributed by atoms with Crippen molar-refractivity contribution < 1.29 is 9.85 Å². The summed E-state index contributed by atoms with van der Waals surface area (Å²) in [6.45, 7) is 0. The highest BCUT2D eigenvalue weighted by Gasteiger charge is 2.04. The molecule has 10 nitrogen and oxygen atoms in total. The molecule has 0 heterocycles. The number of non-ortho nitro benzene ring substituents is 2. The van der Waals surface area contributed by atoms with Crippen LogP contribution in [0, 0.1) is 20.2 Å². The SMILES string of the molecule is O=[N+]([O-])c1ccc(N=N/C(Cl)=N/Nc2ccc([N+](=O)[O-])cc2)cc1. The van der Waals surface area contributed by atoms with E-state index in [1.807, 2.05) is 0 Å². The van der Waals surface area contributed by atoms with E-state index in [-0.39, 0.29) is 16.7 Å². The minimum atomic E-state index is -0.524. The Balaban J connectivity index is 1.97. The number of rotatable bonds is 5. The maximum Gasteiger partial charge on any atom is 0.269 e. The first-order chi connectivity index (χ1) is 11.5. The molecule has 0 unspecified atom stereocenters. The van der Waals surface area contributed by atoms with E-state index in [1.54, 1.807) is 0 Å². The predicted octanol–water partition coefficient (Wildman–Crippen LogP) is 4.21. The van der Waals surface area contributed by atoms with Gasteiger partial charge in [-0.15, -0.1) is 15.3 Å². The van der Waals surface area contributed by atoms with Crippen molar-refractivity contribution in [2.45, 2.75) is 0 Å². The number of hydrazone groups is 1. The van der Waals surface area contributed by atoms with Gasteiger partial charge in [0.1, 0.15) is 0 Å². The first-order valence-corrected chi connectivity index (χ1v) is 6.73. The number of amidine groups is 1. The van der Waals surface area contributed by atoms with Gasteiger partial charge in [0.25, 0.3) is 16.7 Å². The van der Waals surface area contributed by atoms with E-state index < -0.39 is 9.85 Å². The smallest absolute Gasteiger partial charge is 0.269 e. The second kappa shape index (κ2) is 7.74. The summed E-state index contributed by atoms with van der Waals surface area (Å²) in [5, 5.41) is 32.0. The van der Waals surface area contributed by atoms with Gasteiger partial charge in [-0.3, -0.25) is 25.7 Å². The molecule has 2 aromatic carbocycles. The Kier molecular flexibility index (Phi) is 5.47. The van der Waals surface area contributed by atoms with Gasteiger partial charge >= 0.3 is 0 Å². The second-order valence-corrected chi connectivity index (χ2v) is 4.61. The zero-order chi connectivity index (χ0) is 17.5. The van der Waals surface area contributed by atoms with Gasteiger partial charge in [-0.05, 0) is 35.9 Å². The molecule has 24 heavy (non-hydrogen) atoms. The van der Waals surface area contributed by atoms with Crippen molar-refractivity contribution in [1.82, 2.24) is 0 Å². The van der Waals surface area contributed by atoms with Crippen molar-refractivity contribution in [3.63, 3.8) is 0 Å². The second-order valence-electron chi connectivity index (χ2n) is 4.27.